The van der Waals surface area contributed by atoms with Crippen LogP contribution in [0.25, 0.3) is 14.4 Å². The first kappa shape index (κ1) is 23.0. The minimum atomic E-state index is -5.82. The molecule has 0 radical (unpaired) electrons. The zero-order valence-electron chi connectivity index (χ0n) is 16.7. The zero-order chi connectivity index (χ0) is 23.5. The molecule has 1 aromatic carbocycles. The predicted molar refractivity (Wildman–Crippen MR) is 110 cm³/mol. The second-order valence-electron chi connectivity index (χ2n) is 6.77. The number of hydrogen-bond donors (Lipinski definition) is 0. The zero-order valence-corrected chi connectivity index (χ0v) is 17.5. The van der Waals surface area contributed by atoms with Gasteiger partial charge in [-0.3, -0.25) is 0 Å². The highest BCUT2D eigenvalue weighted by molar-refractivity contribution is 7.95. The number of azo groups is 1. The van der Waals surface area contributed by atoms with Gasteiger partial charge >= 0.3 is 11.5 Å². The summed E-state index contributed by atoms with van der Waals surface area (Å²) in [6, 6.07) is 4.12. The molecule has 14 heteroatoms. The Morgan fingerprint density at radius 3 is 2.38 bits per heavy atom. The molecule has 0 aliphatic carbocycles. The van der Waals surface area contributed by atoms with Gasteiger partial charge in [-0.15, -0.1) is 5.11 Å². The normalized spacial score (nSPS) is 14.9. The molecule has 0 bridgehead atoms. The Kier molecular flexibility index (Phi) is 6.36. The fourth-order valence-corrected chi connectivity index (χ4v) is 3.56. The van der Waals surface area contributed by atoms with E-state index >= 15 is 0 Å². The van der Waals surface area contributed by atoms with Gasteiger partial charge in [0.2, 0.25) is 0 Å². The summed E-state index contributed by atoms with van der Waals surface area (Å²) in [5, 5.41) is 7.59. The van der Waals surface area contributed by atoms with Crippen LogP contribution >= 0.6 is 0 Å². The quantitative estimate of drug-likeness (QED) is 0.412. The summed E-state index contributed by atoms with van der Waals surface area (Å²) in [5.74, 6) is -0.438. The molecule has 0 N–H and O–H groups in total. The van der Waals surface area contributed by atoms with Gasteiger partial charge in [-0.25, -0.2) is 13.0 Å². The van der Waals surface area contributed by atoms with Gasteiger partial charge in [0.1, 0.15) is 0 Å². The summed E-state index contributed by atoms with van der Waals surface area (Å²) >= 11 is 0. The molecule has 1 aliphatic rings. The number of piperidine rings is 1. The van der Waals surface area contributed by atoms with E-state index in [1.807, 2.05) is 4.90 Å². The number of anilines is 1. The molecular formula is C18H16F3N8O2S-. The minimum Gasteiger partial charge on any atom is -0.568 e. The van der Waals surface area contributed by atoms with E-state index < -0.39 is 21.2 Å². The summed E-state index contributed by atoms with van der Waals surface area (Å²) in [5.41, 5.74) is -5.83. The molecule has 10 nitrogen and oxygen atoms in total. The van der Waals surface area contributed by atoms with Crippen LogP contribution in [0, 0.1) is 13.1 Å². The average Bonchev–Trinajstić information content (AvgIpc) is 3.07. The fourth-order valence-electron chi connectivity index (χ4n) is 3.05. The highest BCUT2D eigenvalue weighted by Crippen LogP contribution is 2.42. The summed E-state index contributed by atoms with van der Waals surface area (Å²) in [7, 11) is -4.40. The largest absolute Gasteiger partial charge is 0.568 e. The lowest BCUT2D eigenvalue weighted by Crippen LogP contribution is -2.29. The average molecular weight is 465 g/mol. The summed E-state index contributed by atoms with van der Waals surface area (Å²) < 4.78 is 66.2. The second-order valence-corrected chi connectivity index (χ2v) is 8.37. The lowest BCUT2D eigenvalue weighted by atomic mass is 10.1. The lowest BCUT2D eigenvalue weighted by Gasteiger charge is -2.31. The van der Waals surface area contributed by atoms with Crippen molar-refractivity contribution in [3.8, 4) is 0 Å². The molecule has 0 spiro atoms. The number of imidazole rings is 1. The van der Waals surface area contributed by atoms with Crippen molar-refractivity contribution in [2.75, 3.05) is 18.0 Å². The summed E-state index contributed by atoms with van der Waals surface area (Å²) in [6.07, 6.45) is 2.84. The molecule has 1 aromatic heterocycles. The molecule has 0 amide bonds. The van der Waals surface area contributed by atoms with Crippen LogP contribution in [-0.4, -0.2) is 36.6 Å². The maximum atomic E-state index is 12.9. The van der Waals surface area contributed by atoms with Crippen molar-refractivity contribution in [3.63, 3.8) is 0 Å². The SMILES string of the molecule is [C-]#[N+]c1nc(N=Nc2ccc(N3CCCCC3)cc2[N-]S(=O)(=O)C(F)(F)F)n(C)c1[N+]#[C-]. The maximum Gasteiger partial charge on any atom is 0.483 e. The van der Waals surface area contributed by atoms with Crippen LogP contribution in [0.3, 0.4) is 0 Å². The van der Waals surface area contributed by atoms with Crippen molar-refractivity contribution in [1.29, 1.82) is 0 Å². The molecule has 0 atom stereocenters. The predicted octanol–water partition coefficient (Wildman–Crippen LogP) is 5.78. The van der Waals surface area contributed by atoms with E-state index in [1.165, 1.54) is 23.7 Å². The van der Waals surface area contributed by atoms with Gasteiger partial charge in [0.25, 0.3) is 11.6 Å². The van der Waals surface area contributed by atoms with E-state index in [0.717, 1.165) is 19.3 Å². The molecule has 1 aliphatic heterocycles. The highest BCUT2D eigenvalue weighted by atomic mass is 32.2. The Balaban J connectivity index is 2.03. The van der Waals surface area contributed by atoms with E-state index in [9.17, 15) is 21.6 Å². The second kappa shape index (κ2) is 8.84. The number of sulfonamides is 1. The van der Waals surface area contributed by atoms with E-state index in [0.29, 0.717) is 18.8 Å². The van der Waals surface area contributed by atoms with Crippen LogP contribution in [0.2, 0.25) is 0 Å². The molecule has 1 fully saturated rings. The third-order valence-electron chi connectivity index (χ3n) is 4.67. The van der Waals surface area contributed by atoms with Gasteiger partial charge in [-0.05, 0) is 31.4 Å². The van der Waals surface area contributed by atoms with Gasteiger partial charge in [0, 0.05) is 18.8 Å². The fraction of sp³-hybridized carbons (Fsp3) is 0.389. The number of hydrogen-bond acceptors (Lipinski definition) is 6. The van der Waals surface area contributed by atoms with Gasteiger partial charge in [-0.1, -0.05) is 35.0 Å². The first-order valence-electron chi connectivity index (χ1n) is 9.24. The topological polar surface area (TPSA) is 103 Å². The van der Waals surface area contributed by atoms with Crippen LogP contribution in [0.4, 0.5) is 47.8 Å². The number of aromatic nitrogens is 2. The smallest absolute Gasteiger partial charge is 0.483 e. The highest BCUT2D eigenvalue weighted by Gasteiger charge is 2.39. The molecule has 2 aromatic rings. The van der Waals surface area contributed by atoms with Crippen LogP contribution in [0.1, 0.15) is 19.3 Å². The van der Waals surface area contributed by atoms with Crippen molar-refractivity contribution in [2.24, 2.45) is 17.3 Å². The third-order valence-corrected chi connectivity index (χ3v) is 5.70. The number of benzene rings is 1. The molecule has 3 rings (SSSR count). The van der Waals surface area contributed by atoms with Gasteiger partial charge in [0.15, 0.2) is 10.0 Å². The summed E-state index contributed by atoms with van der Waals surface area (Å²) in [6.45, 7) is 15.5. The van der Waals surface area contributed by atoms with Crippen LogP contribution < -0.4 is 4.90 Å². The van der Waals surface area contributed by atoms with E-state index in [4.69, 9.17) is 13.1 Å². The molecule has 0 unspecified atom stereocenters. The van der Waals surface area contributed by atoms with Crippen molar-refractivity contribution in [3.05, 3.63) is 45.8 Å². The van der Waals surface area contributed by atoms with Crippen LogP contribution in [0.5, 0.6) is 0 Å². The van der Waals surface area contributed by atoms with Crippen molar-refractivity contribution in [2.45, 2.75) is 24.8 Å². The number of nitrogens with zero attached hydrogens (tertiary/aromatic N) is 8. The van der Waals surface area contributed by atoms with Gasteiger partial charge < -0.3 is 19.3 Å². The molecule has 2 heterocycles. The van der Waals surface area contributed by atoms with Crippen molar-refractivity contribution < 1.29 is 21.6 Å². The Bertz CT molecular complexity index is 1230. The van der Waals surface area contributed by atoms with Crippen molar-refractivity contribution >= 4 is 44.7 Å². The summed E-state index contributed by atoms with van der Waals surface area (Å²) in [4.78, 5) is 12.1. The molecule has 0 saturated carbocycles. The number of rotatable bonds is 5. The first-order chi connectivity index (χ1) is 15.1. The molecular weight excluding hydrogens is 449 g/mol. The van der Waals surface area contributed by atoms with Gasteiger partial charge in [0.05, 0.1) is 12.7 Å². The third kappa shape index (κ3) is 4.65. The minimum absolute atomic E-state index is 0.0843. The Morgan fingerprint density at radius 2 is 1.81 bits per heavy atom. The number of alkyl halides is 3. The molecule has 32 heavy (non-hydrogen) atoms. The van der Waals surface area contributed by atoms with Crippen LogP contribution in [-0.2, 0) is 17.1 Å². The van der Waals surface area contributed by atoms with E-state index in [2.05, 4.69) is 29.6 Å². The Morgan fingerprint density at radius 1 is 1.12 bits per heavy atom. The Hall–Kier alpha value is -3.65. The van der Waals surface area contributed by atoms with E-state index in [1.54, 1.807) is 6.07 Å². The molecule has 168 valence electrons. The lowest BCUT2D eigenvalue weighted by molar-refractivity contribution is -0.0425. The maximum absolute atomic E-state index is 12.9. The van der Waals surface area contributed by atoms with Gasteiger partial charge in [-0.2, -0.15) is 13.2 Å². The van der Waals surface area contributed by atoms with Crippen LogP contribution in [0.15, 0.2) is 28.4 Å². The standard InChI is InChI=1S/C18H16F3N8O2S/c1-22-15-16(23-2)28(3)17(24-15)26-25-13-8-7-12(29-9-5-4-6-10-29)11-14(13)27-32(30,31)18(19,20)21/h7-8,11H,4-6,9-10H2,3H3/q-1. The van der Waals surface area contributed by atoms with Crippen molar-refractivity contribution in [1.82, 2.24) is 9.55 Å². The molecule has 1 saturated heterocycles. The Labute approximate surface area is 182 Å². The van der Waals surface area contributed by atoms with E-state index in [-0.39, 0.29) is 23.3 Å². The monoisotopic (exact) mass is 465 g/mol. The number of halogens is 3. The first-order valence-corrected chi connectivity index (χ1v) is 10.7.